The van der Waals surface area contributed by atoms with E-state index in [0.717, 1.165) is 6.07 Å². The number of ketones is 1. The molecule has 0 heterocycles. The summed E-state index contributed by atoms with van der Waals surface area (Å²) in [6, 6.07) is 8.89. The minimum Gasteiger partial charge on any atom is -0.494 e. The number of carbonyl (C=O) groups is 1. The molecule has 0 spiro atoms. The highest BCUT2D eigenvalue weighted by molar-refractivity contribution is 9.10. The Hall–Kier alpha value is -1.75. The van der Waals surface area contributed by atoms with E-state index >= 15 is 0 Å². The highest BCUT2D eigenvalue weighted by atomic mass is 79.9. The topological polar surface area (TPSA) is 26.3 Å². The number of hydrogen-bond acceptors (Lipinski definition) is 2. The van der Waals surface area contributed by atoms with Crippen LogP contribution in [0.3, 0.4) is 0 Å². The highest BCUT2D eigenvalue weighted by Gasteiger charge is 2.17. The average Bonchev–Trinajstić information content (AvgIpc) is 2.48. The lowest BCUT2D eigenvalue weighted by atomic mass is 10.0. The summed E-state index contributed by atoms with van der Waals surface area (Å²) in [5.41, 5.74) is 0.153. The van der Waals surface area contributed by atoms with Gasteiger partial charge in [-0.3, -0.25) is 4.79 Å². The Labute approximate surface area is 129 Å². The van der Waals surface area contributed by atoms with Crippen molar-refractivity contribution in [3.05, 3.63) is 63.6 Å². The minimum atomic E-state index is -0.741. The molecule has 0 N–H and O–H groups in total. The first-order valence-electron chi connectivity index (χ1n) is 6.41. The van der Waals surface area contributed by atoms with E-state index in [1.54, 1.807) is 24.3 Å². The van der Waals surface area contributed by atoms with Gasteiger partial charge in [0.1, 0.15) is 17.4 Å². The van der Waals surface area contributed by atoms with Gasteiger partial charge in [-0.25, -0.2) is 8.78 Å². The van der Waals surface area contributed by atoms with Gasteiger partial charge in [0.05, 0.1) is 11.1 Å². The molecule has 2 aromatic rings. The van der Waals surface area contributed by atoms with E-state index in [1.807, 2.05) is 6.92 Å². The van der Waals surface area contributed by atoms with Gasteiger partial charge >= 0.3 is 0 Å². The Bertz CT molecular complexity index is 654. The van der Waals surface area contributed by atoms with Crippen molar-refractivity contribution in [1.29, 1.82) is 0 Å². The molecule has 110 valence electrons. The fourth-order valence-corrected chi connectivity index (χ4v) is 2.27. The van der Waals surface area contributed by atoms with Crippen LogP contribution in [0, 0.1) is 11.6 Å². The molecule has 0 fully saturated rings. The predicted molar refractivity (Wildman–Crippen MR) is 79.7 cm³/mol. The van der Waals surface area contributed by atoms with E-state index in [1.165, 1.54) is 6.07 Å². The smallest absolute Gasteiger partial charge is 0.167 e. The van der Waals surface area contributed by atoms with Gasteiger partial charge in [-0.1, -0.05) is 0 Å². The lowest BCUT2D eigenvalue weighted by molar-refractivity contribution is 0.0990. The molecule has 0 saturated heterocycles. The van der Waals surface area contributed by atoms with Crippen LogP contribution in [-0.4, -0.2) is 12.4 Å². The van der Waals surface area contributed by atoms with Crippen LogP contribution in [0.5, 0.6) is 5.75 Å². The molecular weight excluding hydrogens is 342 g/mol. The molecule has 0 bridgehead atoms. The summed E-state index contributed by atoms with van der Waals surface area (Å²) in [6.45, 7) is 2.39. The molecule has 0 aliphatic heterocycles. The van der Waals surface area contributed by atoms with E-state index < -0.39 is 11.6 Å². The number of rotatable bonds is 5. The molecule has 0 amide bonds. The van der Waals surface area contributed by atoms with E-state index in [9.17, 15) is 13.6 Å². The summed E-state index contributed by atoms with van der Waals surface area (Å²) < 4.78 is 32.9. The third-order valence-electron chi connectivity index (χ3n) is 2.96. The van der Waals surface area contributed by atoms with E-state index in [0.29, 0.717) is 17.9 Å². The first-order chi connectivity index (χ1) is 10.0. The second kappa shape index (κ2) is 6.80. The summed E-state index contributed by atoms with van der Waals surface area (Å²) >= 11 is 2.98. The second-order valence-corrected chi connectivity index (χ2v) is 5.23. The SMILES string of the molecule is CCOc1ccc(C(=O)Cc2c(F)ccc(Br)c2F)cc1. The number of Topliss-reactive ketones (excluding diaryl/α,β-unsaturated/α-hetero) is 1. The lowest BCUT2D eigenvalue weighted by Crippen LogP contribution is -2.08. The van der Waals surface area contributed by atoms with E-state index in [4.69, 9.17) is 4.74 Å². The summed E-state index contributed by atoms with van der Waals surface area (Å²) in [5.74, 6) is -1.17. The second-order valence-electron chi connectivity index (χ2n) is 4.38. The van der Waals surface area contributed by atoms with Crippen LogP contribution in [0.15, 0.2) is 40.9 Å². The van der Waals surface area contributed by atoms with Gasteiger partial charge in [-0.2, -0.15) is 0 Å². The quantitative estimate of drug-likeness (QED) is 0.581. The molecule has 0 aliphatic carbocycles. The molecule has 2 nitrogen and oxygen atoms in total. The van der Waals surface area contributed by atoms with Crippen LogP contribution in [0.1, 0.15) is 22.8 Å². The summed E-state index contributed by atoms with van der Waals surface area (Å²) in [4.78, 5) is 12.1. The van der Waals surface area contributed by atoms with Crippen molar-refractivity contribution in [2.24, 2.45) is 0 Å². The Morgan fingerprint density at radius 3 is 2.43 bits per heavy atom. The zero-order valence-electron chi connectivity index (χ0n) is 11.3. The molecule has 5 heteroatoms. The van der Waals surface area contributed by atoms with Crippen LogP contribution in [-0.2, 0) is 6.42 Å². The third-order valence-corrected chi connectivity index (χ3v) is 3.58. The summed E-state index contributed by atoms with van der Waals surface area (Å²) in [6.07, 6.45) is -0.328. The Kier molecular flexibility index (Phi) is 5.07. The molecule has 0 radical (unpaired) electrons. The van der Waals surface area contributed by atoms with E-state index in [2.05, 4.69) is 15.9 Å². The molecule has 0 atom stereocenters. The van der Waals surface area contributed by atoms with E-state index in [-0.39, 0.29) is 22.2 Å². The third kappa shape index (κ3) is 3.67. The summed E-state index contributed by atoms with van der Waals surface area (Å²) in [5, 5.41) is 0. The average molecular weight is 355 g/mol. The largest absolute Gasteiger partial charge is 0.494 e. The maximum absolute atomic E-state index is 13.8. The molecule has 0 saturated carbocycles. The zero-order chi connectivity index (χ0) is 15.4. The molecular formula is C16H13BrF2O2. The van der Waals surface area contributed by atoms with Crippen LogP contribution < -0.4 is 4.74 Å². The highest BCUT2D eigenvalue weighted by Crippen LogP contribution is 2.23. The molecule has 0 aromatic heterocycles. The first-order valence-corrected chi connectivity index (χ1v) is 7.20. The number of halogens is 3. The van der Waals surface area contributed by atoms with Crippen LogP contribution in [0.2, 0.25) is 0 Å². The fraction of sp³-hybridized carbons (Fsp3) is 0.188. The molecule has 2 rings (SSSR count). The van der Waals surface area contributed by atoms with Gasteiger partial charge in [0.25, 0.3) is 0 Å². The van der Waals surface area contributed by atoms with Crippen molar-refractivity contribution >= 4 is 21.7 Å². The maximum atomic E-state index is 13.8. The Morgan fingerprint density at radius 2 is 1.81 bits per heavy atom. The molecule has 0 unspecified atom stereocenters. The van der Waals surface area contributed by atoms with Gasteiger partial charge in [-0.05, 0) is 59.3 Å². The molecule has 0 aliphatic rings. The first kappa shape index (κ1) is 15.6. The van der Waals surface area contributed by atoms with Crippen LogP contribution in [0.25, 0.3) is 0 Å². The molecule has 2 aromatic carbocycles. The van der Waals surface area contributed by atoms with Gasteiger partial charge in [-0.15, -0.1) is 0 Å². The minimum absolute atomic E-state index is 0.137. The van der Waals surface area contributed by atoms with Crippen molar-refractivity contribution in [1.82, 2.24) is 0 Å². The van der Waals surface area contributed by atoms with Gasteiger partial charge in [0.2, 0.25) is 0 Å². The maximum Gasteiger partial charge on any atom is 0.167 e. The standard InChI is InChI=1S/C16H13BrF2O2/c1-2-21-11-5-3-10(4-6-11)15(20)9-12-14(18)8-7-13(17)16(12)19/h3-8H,2,9H2,1H3. The Morgan fingerprint density at radius 1 is 1.14 bits per heavy atom. The number of ether oxygens (including phenoxy) is 1. The number of hydrogen-bond donors (Lipinski definition) is 0. The van der Waals surface area contributed by atoms with Crippen molar-refractivity contribution in [3.63, 3.8) is 0 Å². The van der Waals surface area contributed by atoms with Gasteiger partial charge in [0.15, 0.2) is 5.78 Å². The lowest BCUT2D eigenvalue weighted by Gasteiger charge is -2.07. The number of benzene rings is 2. The van der Waals surface area contributed by atoms with Crippen LogP contribution >= 0.6 is 15.9 Å². The van der Waals surface area contributed by atoms with Crippen molar-refractivity contribution in [2.75, 3.05) is 6.61 Å². The zero-order valence-corrected chi connectivity index (χ0v) is 12.9. The fourth-order valence-electron chi connectivity index (χ4n) is 1.90. The van der Waals surface area contributed by atoms with Crippen LogP contribution in [0.4, 0.5) is 8.78 Å². The van der Waals surface area contributed by atoms with Gasteiger partial charge < -0.3 is 4.74 Å². The normalized spacial score (nSPS) is 10.5. The van der Waals surface area contributed by atoms with Crippen molar-refractivity contribution in [2.45, 2.75) is 13.3 Å². The van der Waals surface area contributed by atoms with Crippen molar-refractivity contribution in [3.8, 4) is 5.75 Å². The van der Waals surface area contributed by atoms with Gasteiger partial charge in [0, 0.05) is 17.5 Å². The Balaban J connectivity index is 2.20. The predicted octanol–water partition coefficient (Wildman–Crippen LogP) is 4.55. The summed E-state index contributed by atoms with van der Waals surface area (Å²) in [7, 11) is 0. The molecule has 21 heavy (non-hydrogen) atoms. The number of carbonyl (C=O) groups excluding carboxylic acids is 1. The monoisotopic (exact) mass is 354 g/mol. The van der Waals surface area contributed by atoms with Crippen molar-refractivity contribution < 1.29 is 18.3 Å².